The van der Waals surface area contributed by atoms with Crippen molar-refractivity contribution in [1.29, 1.82) is 0 Å². The molecule has 1 aliphatic heterocycles. The smallest absolute Gasteiger partial charge is 0.257 e. The monoisotopic (exact) mass is 556 g/mol. The molecule has 0 bridgehead atoms. The fraction of sp³-hybridized carbons (Fsp3) is 0.231. The summed E-state index contributed by atoms with van der Waals surface area (Å²) >= 11 is 9.55. The van der Waals surface area contributed by atoms with Gasteiger partial charge in [0.15, 0.2) is 5.78 Å². The predicted octanol–water partition coefficient (Wildman–Crippen LogP) is 5.51. The lowest BCUT2D eigenvalue weighted by Crippen LogP contribution is -2.23. The molecule has 182 valence electrons. The van der Waals surface area contributed by atoms with Crippen LogP contribution >= 0.6 is 27.5 Å². The standard InChI is InChI=1S/C25H22BrClN4O3.CH4/c1-31-10-9-28-24(31)16-5-3-15(4-6-16)21(32)13-19-20(11-18(27)12-22(19)34-2)25(33)30-23-8-7-17(26)14-29-23;/h3-8,11-12,14H,9-10,13H2,1-2H3,(H,29,30,33);1H4. The van der Waals surface area contributed by atoms with Crippen molar-refractivity contribution in [2.45, 2.75) is 13.8 Å². The third-order valence-electron chi connectivity index (χ3n) is 5.47. The van der Waals surface area contributed by atoms with Crippen LogP contribution in [0.1, 0.15) is 39.3 Å². The second-order valence-corrected chi connectivity index (χ2v) is 9.11. The highest BCUT2D eigenvalue weighted by Crippen LogP contribution is 2.30. The number of hydrogen-bond donors (Lipinski definition) is 1. The first kappa shape index (κ1) is 26.4. The van der Waals surface area contributed by atoms with E-state index in [0.29, 0.717) is 27.7 Å². The van der Waals surface area contributed by atoms with Crippen LogP contribution in [0.4, 0.5) is 5.82 Å². The van der Waals surface area contributed by atoms with E-state index < -0.39 is 5.91 Å². The molecule has 0 saturated carbocycles. The van der Waals surface area contributed by atoms with Crippen LogP contribution < -0.4 is 10.1 Å². The van der Waals surface area contributed by atoms with Crippen molar-refractivity contribution in [2.75, 3.05) is 32.6 Å². The normalized spacial score (nSPS) is 12.6. The van der Waals surface area contributed by atoms with E-state index in [0.717, 1.165) is 29.0 Å². The molecule has 0 atom stereocenters. The van der Waals surface area contributed by atoms with E-state index in [9.17, 15) is 9.59 Å². The van der Waals surface area contributed by atoms with Crippen LogP contribution in [-0.4, -0.2) is 54.7 Å². The van der Waals surface area contributed by atoms with Crippen molar-refractivity contribution in [1.82, 2.24) is 9.88 Å². The van der Waals surface area contributed by atoms with Crippen molar-refractivity contribution >= 4 is 50.9 Å². The Morgan fingerprint density at radius 2 is 1.91 bits per heavy atom. The molecule has 0 aliphatic carbocycles. The first-order valence-corrected chi connectivity index (χ1v) is 11.7. The number of hydrogen-bond acceptors (Lipinski definition) is 6. The summed E-state index contributed by atoms with van der Waals surface area (Å²) in [7, 11) is 3.47. The van der Waals surface area contributed by atoms with Crippen LogP contribution in [0.15, 0.2) is 64.2 Å². The number of anilines is 1. The highest BCUT2D eigenvalue weighted by Gasteiger charge is 2.22. The van der Waals surface area contributed by atoms with Gasteiger partial charge < -0.3 is 15.0 Å². The molecule has 0 unspecified atom stereocenters. The molecule has 7 nitrogen and oxygen atoms in total. The average molecular weight is 558 g/mol. The second kappa shape index (κ2) is 11.5. The predicted molar refractivity (Wildman–Crippen MR) is 143 cm³/mol. The number of nitrogens with zero attached hydrogens (tertiary/aromatic N) is 3. The topological polar surface area (TPSA) is 83.9 Å². The number of rotatable bonds is 7. The quantitative estimate of drug-likeness (QED) is 0.387. The summed E-state index contributed by atoms with van der Waals surface area (Å²) in [6, 6.07) is 13.9. The lowest BCUT2D eigenvalue weighted by molar-refractivity contribution is 0.0991. The highest BCUT2D eigenvalue weighted by molar-refractivity contribution is 9.10. The minimum absolute atomic E-state index is 0. The van der Waals surface area contributed by atoms with E-state index in [2.05, 4.69) is 36.1 Å². The summed E-state index contributed by atoms with van der Waals surface area (Å²) in [4.78, 5) is 37.0. The Balaban J connectivity index is 0.00000342. The SMILES string of the molecule is C.COc1cc(Cl)cc(C(=O)Nc2ccc(Br)cn2)c1CC(=O)c1ccc(C2=NCCN2C)cc1. The number of pyridine rings is 1. The Labute approximate surface area is 218 Å². The van der Waals surface area contributed by atoms with Crippen LogP contribution in [0.2, 0.25) is 5.02 Å². The third-order valence-corrected chi connectivity index (χ3v) is 6.16. The molecule has 1 N–H and O–H groups in total. The third kappa shape index (κ3) is 6.07. The Hall–Kier alpha value is -3.23. The van der Waals surface area contributed by atoms with Crippen molar-refractivity contribution < 1.29 is 14.3 Å². The van der Waals surface area contributed by atoms with Gasteiger partial charge >= 0.3 is 0 Å². The molecule has 9 heteroatoms. The minimum atomic E-state index is -0.434. The molecule has 2 heterocycles. The number of ketones is 1. The number of carbonyl (C=O) groups is 2. The molecule has 0 spiro atoms. The van der Waals surface area contributed by atoms with Crippen molar-refractivity contribution in [3.8, 4) is 5.75 Å². The van der Waals surface area contributed by atoms with E-state index in [-0.39, 0.29) is 25.2 Å². The molecule has 1 aromatic heterocycles. The maximum atomic E-state index is 13.2. The maximum Gasteiger partial charge on any atom is 0.257 e. The Morgan fingerprint density at radius 3 is 2.51 bits per heavy atom. The fourth-order valence-electron chi connectivity index (χ4n) is 3.72. The van der Waals surface area contributed by atoms with Gasteiger partial charge in [-0.2, -0.15) is 0 Å². The Kier molecular flexibility index (Phi) is 8.64. The summed E-state index contributed by atoms with van der Waals surface area (Å²) in [5, 5.41) is 3.07. The number of Topliss-reactive ketones (excluding diaryl/α,β-unsaturated/α-hetero) is 1. The molecule has 0 saturated heterocycles. The van der Waals surface area contributed by atoms with Crippen molar-refractivity contribution in [3.63, 3.8) is 0 Å². The van der Waals surface area contributed by atoms with Gasteiger partial charge in [-0.05, 0) is 40.2 Å². The number of amidine groups is 1. The molecule has 3 aromatic rings. The van der Waals surface area contributed by atoms with Gasteiger partial charge in [-0.1, -0.05) is 43.3 Å². The molecule has 35 heavy (non-hydrogen) atoms. The van der Waals surface area contributed by atoms with Crippen LogP contribution in [0.5, 0.6) is 5.75 Å². The highest BCUT2D eigenvalue weighted by atomic mass is 79.9. The molecule has 4 rings (SSSR count). The van der Waals surface area contributed by atoms with Crippen molar-refractivity contribution in [3.05, 3.63) is 86.5 Å². The molecule has 1 amide bonds. The average Bonchev–Trinajstić information content (AvgIpc) is 3.27. The molecule has 1 aliphatic rings. The number of ether oxygens (including phenoxy) is 1. The van der Waals surface area contributed by atoms with Gasteiger partial charge in [0.05, 0.1) is 13.7 Å². The summed E-state index contributed by atoms with van der Waals surface area (Å²) in [5.74, 6) is 1.08. The summed E-state index contributed by atoms with van der Waals surface area (Å²) in [6.07, 6.45) is 1.55. The molecule has 0 radical (unpaired) electrons. The number of aromatic nitrogens is 1. The number of likely N-dealkylation sites (N-methyl/N-ethyl adjacent to an activating group) is 1. The molecular weight excluding hydrogens is 532 g/mol. The second-order valence-electron chi connectivity index (χ2n) is 7.75. The van der Waals surface area contributed by atoms with Crippen LogP contribution in [0.25, 0.3) is 0 Å². The Bertz CT molecular complexity index is 1260. The number of nitrogens with one attached hydrogen (secondary N) is 1. The van der Waals surface area contributed by atoms with E-state index in [4.69, 9.17) is 16.3 Å². The zero-order chi connectivity index (χ0) is 24.2. The first-order valence-electron chi connectivity index (χ1n) is 10.5. The van der Waals surface area contributed by atoms with Crippen LogP contribution in [-0.2, 0) is 6.42 Å². The van der Waals surface area contributed by atoms with Gasteiger partial charge in [0.2, 0.25) is 0 Å². The van der Waals surface area contributed by atoms with Gasteiger partial charge in [-0.3, -0.25) is 14.6 Å². The zero-order valence-corrected chi connectivity index (χ0v) is 21.0. The number of methoxy groups -OCH3 is 1. The lowest BCUT2D eigenvalue weighted by atomic mass is 9.96. The largest absolute Gasteiger partial charge is 0.496 e. The first-order chi connectivity index (χ1) is 16.4. The summed E-state index contributed by atoms with van der Waals surface area (Å²) in [5.41, 5.74) is 2.20. The lowest BCUT2D eigenvalue weighted by Gasteiger charge is -2.15. The number of aliphatic imine (C=N–C) groups is 1. The minimum Gasteiger partial charge on any atom is -0.496 e. The number of amides is 1. The van der Waals surface area contributed by atoms with Crippen molar-refractivity contribution in [2.24, 2.45) is 4.99 Å². The van der Waals surface area contributed by atoms with Gasteiger partial charge in [0, 0.05) is 58.0 Å². The van der Waals surface area contributed by atoms with Crippen LogP contribution in [0, 0.1) is 0 Å². The van der Waals surface area contributed by atoms with E-state index in [1.165, 1.54) is 13.2 Å². The number of halogens is 2. The number of carbonyl (C=O) groups excluding carboxylic acids is 2. The Morgan fingerprint density at radius 1 is 1.17 bits per heavy atom. The van der Waals surface area contributed by atoms with E-state index in [1.54, 1.807) is 36.5 Å². The molecule has 0 fully saturated rings. The van der Waals surface area contributed by atoms with Crippen LogP contribution in [0.3, 0.4) is 0 Å². The number of benzene rings is 2. The van der Waals surface area contributed by atoms with E-state index >= 15 is 0 Å². The summed E-state index contributed by atoms with van der Waals surface area (Å²) < 4.78 is 6.25. The summed E-state index contributed by atoms with van der Waals surface area (Å²) in [6.45, 7) is 1.65. The maximum absolute atomic E-state index is 13.2. The van der Waals surface area contributed by atoms with Gasteiger partial charge in [0.1, 0.15) is 17.4 Å². The van der Waals surface area contributed by atoms with E-state index in [1.807, 2.05) is 19.2 Å². The van der Waals surface area contributed by atoms with Gasteiger partial charge in [0.25, 0.3) is 5.91 Å². The molecule has 2 aromatic carbocycles. The van der Waals surface area contributed by atoms with Gasteiger partial charge in [-0.25, -0.2) is 4.98 Å². The molecular formula is C26H26BrClN4O3. The van der Waals surface area contributed by atoms with Gasteiger partial charge in [-0.15, -0.1) is 0 Å². The zero-order valence-electron chi connectivity index (χ0n) is 18.6. The fourth-order valence-corrected chi connectivity index (χ4v) is 4.17.